The first kappa shape index (κ1) is 19.4. The average molecular weight is 400 g/mol. The van der Waals surface area contributed by atoms with E-state index in [1.54, 1.807) is 24.3 Å². The summed E-state index contributed by atoms with van der Waals surface area (Å²) in [5.74, 6) is -1.40. The van der Waals surface area contributed by atoms with Crippen LogP contribution in [0.2, 0.25) is 0 Å². The van der Waals surface area contributed by atoms with Gasteiger partial charge in [0.1, 0.15) is 11.6 Å². The van der Waals surface area contributed by atoms with Crippen LogP contribution in [0.4, 0.5) is 15.8 Å². The molecule has 8 heteroatoms. The van der Waals surface area contributed by atoms with Crippen molar-refractivity contribution in [2.24, 2.45) is 0 Å². The Hall–Kier alpha value is -3.39. The van der Waals surface area contributed by atoms with Gasteiger partial charge in [-0.05, 0) is 35.9 Å². The second-order valence-electron chi connectivity index (χ2n) is 6.12. The molecule has 28 heavy (non-hydrogen) atoms. The smallest absolute Gasteiger partial charge is 0.255 e. The molecular weight excluding hydrogens is 383 g/mol. The number of phenols is 1. The van der Waals surface area contributed by atoms with E-state index in [4.69, 9.17) is 0 Å². The number of sulfonamides is 1. The van der Waals surface area contributed by atoms with Gasteiger partial charge in [0.05, 0.1) is 11.9 Å². The van der Waals surface area contributed by atoms with E-state index in [0.717, 1.165) is 12.3 Å². The third-order valence-corrected chi connectivity index (χ3v) is 4.46. The number of phenolic OH excluding ortho intramolecular Hbond substituents is 1. The van der Waals surface area contributed by atoms with E-state index in [0.29, 0.717) is 11.1 Å². The molecular formula is C20H17FN2O4S. The summed E-state index contributed by atoms with van der Waals surface area (Å²) >= 11 is 0. The normalized spacial score (nSPS) is 11.1. The van der Waals surface area contributed by atoms with Crippen LogP contribution < -0.4 is 10.0 Å². The van der Waals surface area contributed by atoms with Gasteiger partial charge in [0.15, 0.2) is 0 Å². The highest BCUT2D eigenvalue weighted by atomic mass is 32.2. The van der Waals surface area contributed by atoms with E-state index in [1.807, 2.05) is 6.07 Å². The van der Waals surface area contributed by atoms with Crippen molar-refractivity contribution in [2.75, 3.05) is 16.3 Å². The molecule has 3 rings (SSSR count). The molecule has 0 aliphatic heterocycles. The number of anilines is 2. The van der Waals surface area contributed by atoms with E-state index in [2.05, 4.69) is 10.0 Å². The van der Waals surface area contributed by atoms with E-state index in [-0.39, 0.29) is 22.7 Å². The summed E-state index contributed by atoms with van der Waals surface area (Å²) in [5, 5.41) is 12.3. The Morgan fingerprint density at radius 3 is 2.36 bits per heavy atom. The van der Waals surface area contributed by atoms with Crippen molar-refractivity contribution in [3.63, 3.8) is 0 Å². The summed E-state index contributed by atoms with van der Waals surface area (Å²) in [6, 6.07) is 17.0. The molecule has 0 bridgehead atoms. The van der Waals surface area contributed by atoms with Gasteiger partial charge in [0, 0.05) is 16.8 Å². The molecule has 0 saturated carbocycles. The minimum absolute atomic E-state index is 0.0779. The molecule has 0 fully saturated rings. The molecule has 0 radical (unpaired) electrons. The van der Waals surface area contributed by atoms with Gasteiger partial charge in [0.25, 0.3) is 5.91 Å². The SMILES string of the molecule is CS(=O)(=O)Nc1cc(NC(=O)c2ccc(-c3ccccc3)c(F)c2)ccc1O. The van der Waals surface area contributed by atoms with E-state index in [9.17, 15) is 22.7 Å². The molecule has 3 N–H and O–H groups in total. The maximum Gasteiger partial charge on any atom is 0.255 e. The molecule has 0 saturated heterocycles. The number of amides is 1. The van der Waals surface area contributed by atoms with Crippen LogP contribution in [0, 0.1) is 5.82 Å². The summed E-state index contributed by atoms with van der Waals surface area (Å²) in [5.41, 5.74) is 1.33. The molecule has 3 aromatic rings. The van der Waals surface area contributed by atoms with Gasteiger partial charge < -0.3 is 10.4 Å². The topological polar surface area (TPSA) is 95.5 Å². The lowest BCUT2D eigenvalue weighted by atomic mass is 10.0. The maximum absolute atomic E-state index is 14.4. The fourth-order valence-corrected chi connectivity index (χ4v) is 3.17. The lowest BCUT2D eigenvalue weighted by Gasteiger charge is -2.11. The molecule has 0 aliphatic rings. The number of carbonyl (C=O) groups is 1. The standard InChI is InChI=1S/C20H17FN2O4S/c1-28(26,27)23-18-12-15(8-10-19(18)24)22-20(25)14-7-9-16(17(21)11-14)13-5-3-2-4-6-13/h2-12,23-24H,1H3,(H,22,25). The summed E-state index contributed by atoms with van der Waals surface area (Å²) in [7, 11) is -3.61. The van der Waals surface area contributed by atoms with Crippen molar-refractivity contribution in [3.8, 4) is 16.9 Å². The quantitative estimate of drug-likeness (QED) is 0.448. The number of hydrogen-bond acceptors (Lipinski definition) is 4. The van der Waals surface area contributed by atoms with E-state index >= 15 is 0 Å². The number of rotatable bonds is 5. The molecule has 0 atom stereocenters. The first-order chi connectivity index (χ1) is 13.2. The molecule has 0 unspecified atom stereocenters. The van der Waals surface area contributed by atoms with Crippen molar-refractivity contribution in [1.29, 1.82) is 0 Å². The van der Waals surface area contributed by atoms with Gasteiger partial charge in [0.2, 0.25) is 10.0 Å². The van der Waals surface area contributed by atoms with Crippen molar-refractivity contribution in [2.45, 2.75) is 0 Å². The Labute approximate surface area is 161 Å². The summed E-state index contributed by atoms with van der Waals surface area (Å²) < 4.78 is 39.3. The lowest BCUT2D eigenvalue weighted by molar-refractivity contribution is 0.102. The van der Waals surface area contributed by atoms with Crippen LogP contribution in [0.5, 0.6) is 5.75 Å². The maximum atomic E-state index is 14.4. The second kappa shape index (κ2) is 7.69. The van der Waals surface area contributed by atoms with Crippen LogP contribution in [-0.2, 0) is 10.0 Å². The number of benzene rings is 3. The third kappa shape index (κ3) is 4.66. The third-order valence-electron chi connectivity index (χ3n) is 3.87. The Kier molecular flexibility index (Phi) is 5.32. The molecule has 0 aliphatic carbocycles. The predicted octanol–water partition coefficient (Wildman–Crippen LogP) is 3.82. The highest BCUT2D eigenvalue weighted by Crippen LogP contribution is 2.28. The van der Waals surface area contributed by atoms with Crippen molar-refractivity contribution < 1.29 is 22.7 Å². The minimum atomic E-state index is -3.61. The lowest BCUT2D eigenvalue weighted by Crippen LogP contribution is -2.13. The first-order valence-corrected chi connectivity index (χ1v) is 10.1. The minimum Gasteiger partial charge on any atom is -0.506 e. The van der Waals surface area contributed by atoms with Gasteiger partial charge in [-0.15, -0.1) is 0 Å². The zero-order chi connectivity index (χ0) is 20.3. The van der Waals surface area contributed by atoms with Gasteiger partial charge in [-0.1, -0.05) is 36.4 Å². The number of nitrogens with one attached hydrogen (secondary N) is 2. The van der Waals surface area contributed by atoms with Gasteiger partial charge in [-0.25, -0.2) is 12.8 Å². The van der Waals surface area contributed by atoms with Crippen LogP contribution >= 0.6 is 0 Å². The molecule has 0 heterocycles. The fraction of sp³-hybridized carbons (Fsp3) is 0.0500. The Bertz CT molecular complexity index is 1130. The number of hydrogen-bond donors (Lipinski definition) is 3. The molecule has 3 aromatic carbocycles. The van der Waals surface area contributed by atoms with E-state index < -0.39 is 21.7 Å². The van der Waals surface area contributed by atoms with Gasteiger partial charge in [-0.3, -0.25) is 9.52 Å². The van der Waals surface area contributed by atoms with Crippen LogP contribution in [-0.4, -0.2) is 25.7 Å². The van der Waals surface area contributed by atoms with E-state index in [1.165, 1.54) is 30.3 Å². The number of halogens is 1. The Morgan fingerprint density at radius 1 is 1.00 bits per heavy atom. The largest absolute Gasteiger partial charge is 0.506 e. The van der Waals surface area contributed by atoms with Crippen LogP contribution in [0.25, 0.3) is 11.1 Å². The fourth-order valence-electron chi connectivity index (χ4n) is 2.61. The van der Waals surface area contributed by atoms with Crippen molar-refractivity contribution in [1.82, 2.24) is 0 Å². The predicted molar refractivity (Wildman–Crippen MR) is 106 cm³/mol. The highest BCUT2D eigenvalue weighted by molar-refractivity contribution is 7.92. The Balaban J connectivity index is 1.82. The van der Waals surface area contributed by atoms with Gasteiger partial charge in [-0.2, -0.15) is 0 Å². The zero-order valence-corrected chi connectivity index (χ0v) is 15.6. The highest BCUT2D eigenvalue weighted by Gasteiger charge is 2.13. The molecule has 0 aromatic heterocycles. The molecule has 1 amide bonds. The Morgan fingerprint density at radius 2 is 1.71 bits per heavy atom. The molecule has 0 spiro atoms. The zero-order valence-electron chi connectivity index (χ0n) is 14.8. The average Bonchev–Trinajstić information content (AvgIpc) is 2.64. The van der Waals surface area contributed by atoms with Crippen LogP contribution in [0.1, 0.15) is 10.4 Å². The van der Waals surface area contributed by atoms with Crippen LogP contribution in [0.15, 0.2) is 66.7 Å². The molecule has 6 nitrogen and oxygen atoms in total. The summed E-state index contributed by atoms with van der Waals surface area (Å²) in [6.45, 7) is 0. The number of carbonyl (C=O) groups excluding carboxylic acids is 1. The molecule has 144 valence electrons. The number of aromatic hydroxyl groups is 1. The monoisotopic (exact) mass is 400 g/mol. The summed E-state index contributed by atoms with van der Waals surface area (Å²) in [6.07, 6.45) is 0.939. The first-order valence-electron chi connectivity index (χ1n) is 8.20. The second-order valence-corrected chi connectivity index (χ2v) is 7.87. The van der Waals surface area contributed by atoms with Gasteiger partial charge >= 0.3 is 0 Å². The van der Waals surface area contributed by atoms with Crippen LogP contribution in [0.3, 0.4) is 0 Å². The van der Waals surface area contributed by atoms with Crippen molar-refractivity contribution >= 4 is 27.3 Å². The summed E-state index contributed by atoms with van der Waals surface area (Å²) in [4.78, 5) is 12.4. The van der Waals surface area contributed by atoms with Crippen molar-refractivity contribution in [3.05, 3.63) is 78.1 Å².